The molecule has 4 nitrogen and oxygen atoms in total. The van der Waals surface area contributed by atoms with Gasteiger partial charge < -0.3 is 4.98 Å². The van der Waals surface area contributed by atoms with Crippen LogP contribution in [0.2, 0.25) is 0 Å². The summed E-state index contributed by atoms with van der Waals surface area (Å²) in [5.41, 5.74) is 0.537. The van der Waals surface area contributed by atoms with E-state index in [0.29, 0.717) is 25.0 Å². The molecule has 0 atom stereocenters. The molecule has 4 rings (SSSR count). The third kappa shape index (κ3) is 3.64. The Morgan fingerprint density at radius 3 is 2.41 bits per heavy atom. The molecule has 1 aliphatic heterocycles. The van der Waals surface area contributed by atoms with Crippen LogP contribution in [0.25, 0.3) is 10.9 Å². The Hall–Kier alpha value is -2.39. The lowest BCUT2D eigenvalue weighted by molar-refractivity contribution is -0.140. The number of fused-ring (bicyclic) bond motifs is 1. The third-order valence-corrected chi connectivity index (χ3v) is 7.29. The average Bonchev–Trinajstić information content (AvgIpc) is 3.11. The number of alkyl halides is 3. The van der Waals surface area contributed by atoms with E-state index in [1.807, 2.05) is 30.5 Å². The predicted octanol–water partition coefficient (Wildman–Crippen LogP) is 4.89. The summed E-state index contributed by atoms with van der Waals surface area (Å²) in [6.07, 6.45) is -1.93. The molecule has 1 N–H and O–H groups in total. The lowest BCUT2D eigenvalue weighted by atomic mass is 9.90. The maximum Gasteiger partial charge on any atom is 0.419 e. The van der Waals surface area contributed by atoms with Crippen LogP contribution in [0.1, 0.15) is 29.9 Å². The van der Waals surface area contributed by atoms with Crippen molar-refractivity contribution in [2.75, 3.05) is 13.1 Å². The summed E-state index contributed by atoms with van der Waals surface area (Å²) in [7, 11) is -4.14. The molecular weight excluding hydrogens is 408 g/mol. The number of hydrogen-bond donors (Lipinski definition) is 1. The largest absolute Gasteiger partial charge is 0.419 e. The van der Waals surface area contributed by atoms with Gasteiger partial charge in [-0.2, -0.15) is 17.5 Å². The summed E-state index contributed by atoms with van der Waals surface area (Å²) >= 11 is 0. The van der Waals surface area contributed by atoms with Gasteiger partial charge in [-0.05, 0) is 48.6 Å². The first kappa shape index (κ1) is 19.9. The summed E-state index contributed by atoms with van der Waals surface area (Å²) in [6, 6.07) is 9.63. The molecule has 3 aromatic rings. The van der Waals surface area contributed by atoms with Crippen molar-refractivity contribution in [2.24, 2.45) is 0 Å². The lowest BCUT2D eigenvalue weighted by Crippen LogP contribution is -2.38. The number of H-pyrrole nitrogens is 1. The fourth-order valence-electron chi connectivity index (χ4n) is 3.87. The number of nitrogens with zero attached hydrogens (tertiary/aromatic N) is 1. The van der Waals surface area contributed by atoms with Crippen LogP contribution >= 0.6 is 0 Å². The second-order valence-electron chi connectivity index (χ2n) is 7.11. The number of nitrogens with one attached hydrogen (secondary N) is 1. The first-order valence-electron chi connectivity index (χ1n) is 9.11. The standard InChI is InChI=1S/C20H18F4N2O2S/c21-18-6-5-14(11-17(18)20(22,23)24)29(27,28)26-9-7-13(8-10-26)16-12-25-19-4-2-1-3-15(16)19/h1-6,11-13,25H,7-10H2. The average molecular weight is 426 g/mol. The van der Waals surface area contributed by atoms with Gasteiger partial charge in [0.1, 0.15) is 5.82 Å². The molecule has 0 aliphatic carbocycles. The van der Waals surface area contributed by atoms with E-state index < -0.39 is 32.5 Å². The number of halogens is 4. The number of piperidine rings is 1. The SMILES string of the molecule is O=S(=O)(c1ccc(F)c(C(F)(F)F)c1)N1CCC(c2c[nH]c3ccccc23)CC1. The highest BCUT2D eigenvalue weighted by Gasteiger charge is 2.37. The molecule has 2 heterocycles. The Kier molecular flexibility index (Phi) is 4.90. The van der Waals surface area contributed by atoms with E-state index in [9.17, 15) is 26.0 Å². The lowest BCUT2D eigenvalue weighted by Gasteiger charge is -2.31. The van der Waals surface area contributed by atoms with Crippen molar-refractivity contribution in [1.82, 2.24) is 9.29 Å². The van der Waals surface area contributed by atoms with E-state index in [1.54, 1.807) is 0 Å². The summed E-state index contributed by atoms with van der Waals surface area (Å²) in [4.78, 5) is 2.66. The number of para-hydroxylation sites is 1. The molecular formula is C20H18F4N2O2S. The van der Waals surface area contributed by atoms with E-state index >= 15 is 0 Å². The molecule has 0 spiro atoms. The quantitative estimate of drug-likeness (QED) is 0.606. The fourth-order valence-corrected chi connectivity index (χ4v) is 5.37. The van der Waals surface area contributed by atoms with Crippen LogP contribution in [-0.4, -0.2) is 30.8 Å². The Morgan fingerprint density at radius 2 is 1.72 bits per heavy atom. The zero-order valence-corrected chi connectivity index (χ0v) is 16.0. The van der Waals surface area contributed by atoms with Crippen LogP contribution in [0.15, 0.2) is 53.6 Å². The molecule has 9 heteroatoms. The Bertz CT molecular complexity index is 1150. The highest BCUT2D eigenvalue weighted by atomic mass is 32.2. The maximum atomic E-state index is 13.5. The van der Waals surface area contributed by atoms with Gasteiger partial charge in [-0.15, -0.1) is 0 Å². The molecule has 1 aliphatic rings. The van der Waals surface area contributed by atoms with E-state index in [4.69, 9.17) is 0 Å². The van der Waals surface area contributed by atoms with Crippen molar-refractivity contribution in [3.05, 3.63) is 65.6 Å². The van der Waals surface area contributed by atoms with Crippen molar-refractivity contribution in [3.8, 4) is 0 Å². The van der Waals surface area contributed by atoms with Crippen LogP contribution in [-0.2, 0) is 16.2 Å². The van der Waals surface area contributed by atoms with E-state index in [0.717, 1.165) is 22.5 Å². The first-order valence-corrected chi connectivity index (χ1v) is 10.5. The minimum Gasteiger partial charge on any atom is -0.361 e. The molecule has 2 aromatic carbocycles. The van der Waals surface area contributed by atoms with Crippen LogP contribution in [0.3, 0.4) is 0 Å². The topological polar surface area (TPSA) is 53.2 Å². The van der Waals surface area contributed by atoms with Gasteiger partial charge in [0.15, 0.2) is 0 Å². The van der Waals surface area contributed by atoms with Crippen molar-refractivity contribution >= 4 is 20.9 Å². The van der Waals surface area contributed by atoms with Crippen LogP contribution < -0.4 is 0 Å². The van der Waals surface area contributed by atoms with Crippen molar-refractivity contribution in [1.29, 1.82) is 0 Å². The van der Waals surface area contributed by atoms with Crippen LogP contribution in [0.5, 0.6) is 0 Å². The number of aromatic amines is 1. The number of aromatic nitrogens is 1. The first-order chi connectivity index (χ1) is 13.7. The zero-order valence-electron chi connectivity index (χ0n) is 15.2. The monoisotopic (exact) mass is 426 g/mol. The molecule has 154 valence electrons. The minimum atomic E-state index is -4.96. The smallest absolute Gasteiger partial charge is 0.361 e. The molecule has 1 saturated heterocycles. The van der Waals surface area contributed by atoms with Gasteiger partial charge in [-0.25, -0.2) is 12.8 Å². The zero-order chi connectivity index (χ0) is 20.8. The van der Waals surface area contributed by atoms with Gasteiger partial charge in [0, 0.05) is 30.2 Å². The van der Waals surface area contributed by atoms with Gasteiger partial charge in [-0.1, -0.05) is 18.2 Å². The Morgan fingerprint density at radius 1 is 1.03 bits per heavy atom. The highest BCUT2D eigenvalue weighted by Crippen LogP contribution is 2.36. The molecule has 29 heavy (non-hydrogen) atoms. The Labute approximate surface area is 165 Å². The van der Waals surface area contributed by atoms with Gasteiger partial charge in [0.25, 0.3) is 0 Å². The summed E-state index contributed by atoms with van der Waals surface area (Å²) in [5, 5.41) is 1.09. The van der Waals surface area contributed by atoms with Gasteiger partial charge in [-0.3, -0.25) is 0 Å². The third-order valence-electron chi connectivity index (χ3n) is 5.40. The second-order valence-corrected chi connectivity index (χ2v) is 9.05. The summed E-state index contributed by atoms with van der Waals surface area (Å²) in [6.45, 7) is 0.371. The molecule has 0 bridgehead atoms. The van der Waals surface area contributed by atoms with Crippen molar-refractivity contribution in [2.45, 2.75) is 29.8 Å². The van der Waals surface area contributed by atoms with Gasteiger partial charge in [0.2, 0.25) is 10.0 Å². The van der Waals surface area contributed by atoms with Crippen molar-refractivity contribution in [3.63, 3.8) is 0 Å². The Balaban J connectivity index is 1.55. The van der Waals surface area contributed by atoms with Gasteiger partial charge >= 0.3 is 6.18 Å². The molecule has 1 fully saturated rings. The van der Waals surface area contributed by atoms with Crippen LogP contribution in [0.4, 0.5) is 17.6 Å². The number of rotatable bonds is 3. The normalized spacial score (nSPS) is 17.1. The fraction of sp³-hybridized carbons (Fsp3) is 0.300. The molecule has 0 amide bonds. The molecule has 0 radical (unpaired) electrons. The van der Waals surface area contributed by atoms with Crippen LogP contribution in [0, 0.1) is 5.82 Å². The second kappa shape index (κ2) is 7.14. The highest BCUT2D eigenvalue weighted by molar-refractivity contribution is 7.89. The maximum absolute atomic E-state index is 13.5. The predicted molar refractivity (Wildman–Crippen MR) is 100 cm³/mol. The minimum absolute atomic E-state index is 0.150. The van der Waals surface area contributed by atoms with Crippen molar-refractivity contribution < 1.29 is 26.0 Å². The van der Waals surface area contributed by atoms with E-state index in [1.165, 1.54) is 4.31 Å². The molecule has 0 saturated carbocycles. The number of hydrogen-bond acceptors (Lipinski definition) is 2. The number of benzene rings is 2. The van der Waals surface area contributed by atoms with E-state index in [2.05, 4.69) is 4.98 Å². The molecule has 1 aromatic heterocycles. The van der Waals surface area contributed by atoms with Gasteiger partial charge in [0.05, 0.1) is 10.5 Å². The molecule has 0 unspecified atom stereocenters. The summed E-state index contributed by atoms with van der Waals surface area (Å²) in [5.74, 6) is -1.34. The van der Waals surface area contributed by atoms with E-state index in [-0.39, 0.29) is 19.0 Å². The number of sulfonamides is 1. The summed E-state index contributed by atoms with van der Waals surface area (Å²) < 4.78 is 79.1.